The Kier molecular flexibility index (Phi) is 8.32. The third-order valence-electron chi connectivity index (χ3n) is 6.84. The molecule has 2 N–H and O–H groups in total. The maximum atomic E-state index is 12.8. The topological polar surface area (TPSA) is 84.2 Å². The number of hydrogen-bond acceptors (Lipinski definition) is 3. The van der Waals surface area contributed by atoms with Crippen LogP contribution < -0.4 is 5.32 Å². The van der Waals surface area contributed by atoms with Gasteiger partial charge in [0.15, 0.2) is 0 Å². The zero-order valence-electron chi connectivity index (χ0n) is 20.1. The predicted molar refractivity (Wildman–Crippen MR) is 128 cm³/mol. The highest BCUT2D eigenvalue weighted by molar-refractivity contribution is 5.99. The van der Waals surface area contributed by atoms with Crippen LogP contribution in [0.25, 0.3) is 11.0 Å². The minimum atomic E-state index is -0.999. The van der Waals surface area contributed by atoms with Gasteiger partial charge in [-0.25, -0.2) is 9.78 Å². The summed E-state index contributed by atoms with van der Waals surface area (Å²) in [6, 6.07) is 5.11. The lowest BCUT2D eigenvalue weighted by atomic mass is 9.87. The number of hydrogen-bond donors (Lipinski definition) is 2. The Morgan fingerprint density at radius 1 is 1.16 bits per heavy atom. The van der Waals surface area contributed by atoms with E-state index in [1.54, 1.807) is 6.07 Å². The molecule has 1 amide bonds. The Bertz CT molecular complexity index is 924. The highest BCUT2D eigenvalue weighted by Gasteiger charge is 2.24. The third-order valence-corrected chi connectivity index (χ3v) is 6.84. The summed E-state index contributed by atoms with van der Waals surface area (Å²) >= 11 is 0. The van der Waals surface area contributed by atoms with E-state index < -0.39 is 12.0 Å². The molecule has 176 valence electrons. The van der Waals surface area contributed by atoms with Crippen molar-refractivity contribution in [2.45, 2.75) is 97.6 Å². The van der Waals surface area contributed by atoms with E-state index in [9.17, 15) is 14.7 Å². The molecule has 1 aliphatic carbocycles. The van der Waals surface area contributed by atoms with Crippen LogP contribution in [0.1, 0.15) is 101 Å². The van der Waals surface area contributed by atoms with Crippen molar-refractivity contribution < 1.29 is 14.7 Å². The summed E-state index contributed by atoms with van der Waals surface area (Å²) in [5, 5.41) is 12.2. The number of nitrogens with one attached hydrogen (secondary N) is 1. The summed E-state index contributed by atoms with van der Waals surface area (Å²) in [6.07, 6.45) is 9.96. The lowest BCUT2D eigenvalue weighted by molar-refractivity contribution is -0.139. The zero-order chi connectivity index (χ0) is 23.3. The number of imidazole rings is 1. The lowest BCUT2D eigenvalue weighted by Gasteiger charge is -2.24. The van der Waals surface area contributed by atoms with Gasteiger partial charge in [0.25, 0.3) is 5.91 Å². The molecule has 1 aliphatic rings. The van der Waals surface area contributed by atoms with E-state index in [2.05, 4.69) is 23.7 Å². The molecule has 6 nitrogen and oxygen atoms in total. The van der Waals surface area contributed by atoms with Crippen LogP contribution in [0.2, 0.25) is 0 Å². The molecular formula is C26H39N3O3. The minimum absolute atomic E-state index is 0.178. The van der Waals surface area contributed by atoms with Gasteiger partial charge >= 0.3 is 5.97 Å². The largest absolute Gasteiger partial charge is 0.480 e. The average molecular weight is 442 g/mol. The molecule has 0 radical (unpaired) electrons. The van der Waals surface area contributed by atoms with Crippen molar-refractivity contribution in [3.8, 4) is 0 Å². The monoisotopic (exact) mass is 441 g/mol. The van der Waals surface area contributed by atoms with E-state index in [0.29, 0.717) is 23.9 Å². The van der Waals surface area contributed by atoms with E-state index in [0.717, 1.165) is 36.1 Å². The second-order valence-electron chi connectivity index (χ2n) is 9.77. The number of carboxylic acids is 1. The van der Waals surface area contributed by atoms with Crippen LogP contribution in [0.15, 0.2) is 18.2 Å². The van der Waals surface area contributed by atoms with Gasteiger partial charge in [-0.2, -0.15) is 0 Å². The summed E-state index contributed by atoms with van der Waals surface area (Å²) in [5.41, 5.74) is 2.36. The van der Waals surface area contributed by atoms with E-state index in [-0.39, 0.29) is 11.8 Å². The van der Waals surface area contributed by atoms with E-state index in [4.69, 9.17) is 4.98 Å². The molecule has 6 heteroatoms. The second kappa shape index (κ2) is 11.0. The summed E-state index contributed by atoms with van der Waals surface area (Å²) in [5.74, 6) is 0.633. The molecule has 32 heavy (non-hydrogen) atoms. The van der Waals surface area contributed by atoms with Crippen LogP contribution >= 0.6 is 0 Å². The molecule has 3 rings (SSSR count). The molecule has 1 heterocycles. The van der Waals surface area contributed by atoms with Gasteiger partial charge in [0, 0.05) is 18.0 Å². The van der Waals surface area contributed by atoms with E-state index in [1.165, 1.54) is 32.1 Å². The van der Waals surface area contributed by atoms with Gasteiger partial charge < -0.3 is 15.0 Å². The van der Waals surface area contributed by atoms with Gasteiger partial charge in [0.1, 0.15) is 11.9 Å². The Morgan fingerprint density at radius 2 is 1.84 bits per heavy atom. The highest BCUT2D eigenvalue weighted by atomic mass is 16.4. The molecule has 0 aliphatic heterocycles. The molecule has 0 bridgehead atoms. The number of aliphatic carboxylic acids is 1. The summed E-state index contributed by atoms with van der Waals surface area (Å²) in [7, 11) is 0. The number of nitrogens with zero attached hydrogens (tertiary/aromatic N) is 2. The summed E-state index contributed by atoms with van der Waals surface area (Å²) in [6.45, 7) is 8.33. The maximum absolute atomic E-state index is 12.8. The van der Waals surface area contributed by atoms with Crippen LogP contribution in [0.5, 0.6) is 0 Å². The summed E-state index contributed by atoms with van der Waals surface area (Å²) in [4.78, 5) is 29.4. The molecule has 0 saturated heterocycles. The minimum Gasteiger partial charge on any atom is -0.480 e. The van der Waals surface area contributed by atoms with Gasteiger partial charge in [-0.15, -0.1) is 0 Å². The second-order valence-corrected chi connectivity index (χ2v) is 9.77. The third kappa shape index (κ3) is 5.70. The Hall–Kier alpha value is -2.37. The fourth-order valence-electron chi connectivity index (χ4n) is 5.08. The SMILES string of the molecule is CCC(CC)n1c(CC2CCCCC2)nc2cc(C(=O)N[C@@H](CC(C)C)C(=O)O)ccc21. The molecule has 1 aromatic heterocycles. The molecule has 1 fully saturated rings. The fraction of sp³-hybridized carbons (Fsp3) is 0.654. The molecule has 0 unspecified atom stereocenters. The van der Waals surface area contributed by atoms with Gasteiger partial charge in [0.05, 0.1) is 11.0 Å². The standard InChI is InChI=1S/C26H39N3O3/c1-5-20(6-2)29-23-13-12-19(25(30)28-22(26(31)32)14-17(3)4)16-21(23)27-24(29)15-18-10-8-7-9-11-18/h12-13,16-18,20,22H,5-11,14-15H2,1-4H3,(H,28,30)(H,31,32)/t22-/m0/s1. The summed E-state index contributed by atoms with van der Waals surface area (Å²) < 4.78 is 2.39. The number of rotatable bonds is 10. The number of carbonyl (C=O) groups excluding carboxylic acids is 1. The van der Waals surface area contributed by atoms with E-state index in [1.807, 2.05) is 26.0 Å². The van der Waals surface area contributed by atoms with E-state index >= 15 is 0 Å². The first-order chi connectivity index (χ1) is 15.3. The lowest BCUT2D eigenvalue weighted by Crippen LogP contribution is -2.41. The molecule has 0 spiro atoms. The Labute approximate surface area is 191 Å². The molecular weight excluding hydrogens is 402 g/mol. The maximum Gasteiger partial charge on any atom is 0.326 e. The van der Waals surface area contributed by atoms with Crippen molar-refractivity contribution in [1.29, 1.82) is 0 Å². The Balaban J connectivity index is 1.91. The number of amides is 1. The Morgan fingerprint density at radius 3 is 2.44 bits per heavy atom. The number of carboxylic acid groups (broad SMARTS) is 1. The number of benzene rings is 1. The quantitative estimate of drug-likeness (QED) is 0.492. The van der Waals surface area contributed by atoms with Crippen molar-refractivity contribution >= 4 is 22.9 Å². The highest BCUT2D eigenvalue weighted by Crippen LogP contribution is 2.31. The zero-order valence-corrected chi connectivity index (χ0v) is 20.1. The van der Waals surface area contributed by atoms with Crippen molar-refractivity contribution in [2.75, 3.05) is 0 Å². The smallest absolute Gasteiger partial charge is 0.326 e. The first-order valence-electron chi connectivity index (χ1n) is 12.4. The van der Waals surface area contributed by atoms with Crippen LogP contribution in [-0.2, 0) is 11.2 Å². The van der Waals surface area contributed by atoms with Crippen LogP contribution in [0.4, 0.5) is 0 Å². The van der Waals surface area contributed by atoms with Crippen molar-refractivity contribution in [1.82, 2.24) is 14.9 Å². The normalized spacial score (nSPS) is 16.1. The van der Waals surface area contributed by atoms with Crippen molar-refractivity contribution in [3.63, 3.8) is 0 Å². The average Bonchev–Trinajstić information content (AvgIpc) is 3.11. The molecule has 2 aromatic rings. The van der Waals surface area contributed by atoms with Gasteiger partial charge in [-0.1, -0.05) is 59.8 Å². The molecule has 1 aromatic carbocycles. The van der Waals surface area contributed by atoms with Crippen LogP contribution in [0, 0.1) is 11.8 Å². The van der Waals surface area contributed by atoms with Gasteiger partial charge in [0.2, 0.25) is 0 Å². The number of aromatic nitrogens is 2. The van der Waals surface area contributed by atoms with Crippen LogP contribution in [-0.4, -0.2) is 32.6 Å². The van der Waals surface area contributed by atoms with Crippen LogP contribution in [0.3, 0.4) is 0 Å². The first-order valence-corrected chi connectivity index (χ1v) is 12.4. The fourth-order valence-corrected chi connectivity index (χ4v) is 5.08. The first kappa shape index (κ1) is 24.3. The van der Waals surface area contributed by atoms with Gasteiger partial charge in [-0.3, -0.25) is 4.79 Å². The number of carbonyl (C=O) groups is 2. The van der Waals surface area contributed by atoms with Gasteiger partial charge in [-0.05, 0) is 49.3 Å². The molecule has 1 atom stereocenters. The molecule has 1 saturated carbocycles. The van der Waals surface area contributed by atoms with Crippen molar-refractivity contribution in [2.24, 2.45) is 11.8 Å². The number of fused-ring (bicyclic) bond motifs is 1. The van der Waals surface area contributed by atoms with Crippen molar-refractivity contribution in [3.05, 3.63) is 29.6 Å². The predicted octanol–water partition coefficient (Wildman–Crippen LogP) is 5.75.